The second-order valence-electron chi connectivity index (χ2n) is 8.74. The Morgan fingerprint density at radius 3 is 1.62 bits per heavy atom. The zero-order valence-electron chi connectivity index (χ0n) is 21.8. The zero-order chi connectivity index (χ0) is 26.0. The third-order valence-corrected chi connectivity index (χ3v) is 6.00. The normalized spacial score (nSPS) is 11.7. The van der Waals surface area contributed by atoms with Crippen molar-refractivity contribution in [1.82, 2.24) is 0 Å². The summed E-state index contributed by atoms with van der Waals surface area (Å²) in [5, 5.41) is 17.4. The van der Waals surface area contributed by atoms with Crippen LogP contribution in [-0.4, -0.2) is 19.3 Å². The van der Waals surface area contributed by atoms with Gasteiger partial charge in [0.15, 0.2) is 0 Å². The van der Waals surface area contributed by atoms with Crippen molar-refractivity contribution < 1.29 is 0 Å². The first-order valence-corrected chi connectivity index (χ1v) is 12.5. The predicted molar refractivity (Wildman–Crippen MR) is 154 cm³/mol. The number of anilines is 1. The summed E-state index contributed by atoms with van der Waals surface area (Å²) in [6.07, 6.45) is 1.85. The lowest BCUT2D eigenvalue weighted by Crippen LogP contribution is -2.21. The monoisotopic (exact) mass is 488 g/mol. The van der Waals surface area contributed by atoms with E-state index in [1.54, 1.807) is 0 Å². The number of rotatable bonds is 9. The molecule has 6 heteroatoms. The Morgan fingerprint density at radius 2 is 1.08 bits per heavy atom. The molecule has 0 radical (unpaired) electrons. The van der Waals surface area contributed by atoms with Gasteiger partial charge in [-0.15, -0.1) is 0 Å². The summed E-state index contributed by atoms with van der Waals surface area (Å²) in [5.74, 6) is 0. The van der Waals surface area contributed by atoms with Gasteiger partial charge < -0.3 is 4.90 Å². The number of azo groups is 2. The van der Waals surface area contributed by atoms with E-state index in [-0.39, 0.29) is 0 Å². The highest BCUT2D eigenvalue weighted by molar-refractivity contribution is 5.83. The number of hydrogen-bond acceptors (Lipinski definition) is 6. The Hall–Kier alpha value is -4.45. The first kappa shape index (κ1) is 25.6. The summed E-state index contributed by atoms with van der Waals surface area (Å²) in [7, 11) is 0. The first-order valence-electron chi connectivity index (χ1n) is 12.5. The lowest BCUT2D eigenvalue weighted by atomic mass is 10.2. The molecule has 0 aromatic heterocycles. The molecule has 0 bridgehead atoms. The summed E-state index contributed by atoms with van der Waals surface area (Å²) in [6, 6.07) is 29.9. The number of nitrogens with zero attached hydrogens (tertiary/aromatic N) is 6. The summed E-state index contributed by atoms with van der Waals surface area (Å²) in [5.41, 5.74) is 8.58. The Bertz CT molecular complexity index is 1380. The molecule has 4 rings (SSSR count). The van der Waals surface area contributed by atoms with Crippen LogP contribution in [0.2, 0.25) is 0 Å². The molecular formula is C31H32N6. The molecule has 0 N–H and O–H groups in total. The van der Waals surface area contributed by atoms with Crippen LogP contribution in [0, 0.1) is 13.8 Å². The molecular weight excluding hydrogens is 456 g/mol. The summed E-state index contributed by atoms with van der Waals surface area (Å²) in [6.45, 7) is 10.4. The minimum absolute atomic E-state index is 0.796. The van der Waals surface area contributed by atoms with Gasteiger partial charge in [-0.25, -0.2) is 0 Å². The van der Waals surface area contributed by atoms with Gasteiger partial charge in [-0.3, -0.25) is 4.99 Å². The van der Waals surface area contributed by atoms with Crippen molar-refractivity contribution in [2.75, 3.05) is 18.0 Å². The molecule has 0 unspecified atom stereocenters. The van der Waals surface area contributed by atoms with Gasteiger partial charge in [-0.05, 0) is 106 Å². The van der Waals surface area contributed by atoms with Crippen LogP contribution in [0.25, 0.3) is 0 Å². The van der Waals surface area contributed by atoms with Gasteiger partial charge in [0.05, 0.1) is 28.4 Å². The van der Waals surface area contributed by atoms with Crippen LogP contribution < -0.4 is 4.90 Å². The van der Waals surface area contributed by atoms with E-state index in [2.05, 4.69) is 63.3 Å². The van der Waals surface area contributed by atoms with Crippen molar-refractivity contribution in [2.45, 2.75) is 27.7 Å². The second-order valence-corrected chi connectivity index (χ2v) is 8.74. The molecule has 4 aromatic carbocycles. The van der Waals surface area contributed by atoms with Crippen molar-refractivity contribution >= 4 is 40.3 Å². The molecule has 0 aliphatic heterocycles. The van der Waals surface area contributed by atoms with E-state index in [4.69, 9.17) is 0 Å². The van der Waals surface area contributed by atoms with E-state index >= 15 is 0 Å². The Labute approximate surface area is 219 Å². The van der Waals surface area contributed by atoms with Gasteiger partial charge in [0.1, 0.15) is 0 Å². The molecule has 37 heavy (non-hydrogen) atoms. The van der Waals surface area contributed by atoms with Crippen molar-refractivity contribution in [3.05, 3.63) is 108 Å². The van der Waals surface area contributed by atoms with Crippen molar-refractivity contribution in [2.24, 2.45) is 25.4 Å². The van der Waals surface area contributed by atoms with Gasteiger partial charge in [0, 0.05) is 25.0 Å². The van der Waals surface area contributed by atoms with Crippen molar-refractivity contribution in [3.63, 3.8) is 0 Å². The van der Waals surface area contributed by atoms with E-state index in [0.29, 0.717) is 0 Å². The van der Waals surface area contributed by atoms with Gasteiger partial charge in [-0.2, -0.15) is 20.5 Å². The van der Waals surface area contributed by atoms with Crippen LogP contribution >= 0.6 is 0 Å². The largest absolute Gasteiger partial charge is 0.372 e. The number of aliphatic imine (C=N–C) groups is 1. The quantitative estimate of drug-likeness (QED) is 0.171. The Balaban J connectivity index is 1.36. The minimum atomic E-state index is 0.796. The maximum Gasteiger partial charge on any atom is 0.0861 e. The minimum Gasteiger partial charge on any atom is -0.372 e. The van der Waals surface area contributed by atoms with E-state index in [1.807, 2.05) is 92.0 Å². The van der Waals surface area contributed by atoms with Crippen LogP contribution in [0.1, 0.15) is 30.5 Å². The average molecular weight is 489 g/mol. The fourth-order valence-electron chi connectivity index (χ4n) is 3.78. The second kappa shape index (κ2) is 12.5. The van der Waals surface area contributed by atoms with E-state index < -0.39 is 0 Å². The molecule has 0 fully saturated rings. The van der Waals surface area contributed by atoms with Gasteiger partial charge in [0.2, 0.25) is 0 Å². The molecule has 0 aliphatic carbocycles. The molecule has 6 nitrogen and oxygen atoms in total. The predicted octanol–water partition coefficient (Wildman–Crippen LogP) is 9.73. The average Bonchev–Trinajstić information content (AvgIpc) is 2.93. The van der Waals surface area contributed by atoms with Crippen molar-refractivity contribution in [1.29, 1.82) is 0 Å². The summed E-state index contributed by atoms with van der Waals surface area (Å²) >= 11 is 0. The number of aryl methyl sites for hydroxylation is 2. The highest BCUT2D eigenvalue weighted by Crippen LogP contribution is 2.26. The molecule has 0 atom stereocenters. The molecule has 0 saturated carbocycles. The van der Waals surface area contributed by atoms with Crippen LogP contribution in [0.5, 0.6) is 0 Å². The van der Waals surface area contributed by atoms with Gasteiger partial charge in [-0.1, -0.05) is 29.8 Å². The Morgan fingerprint density at radius 1 is 0.595 bits per heavy atom. The smallest absolute Gasteiger partial charge is 0.0861 e. The van der Waals surface area contributed by atoms with E-state index in [0.717, 1.165) is 52.7 Å². The van der Waals surface area contributed by atoms with Crippen LogP contribution in [0.3, 0.4) is 0 Å². The molecule has 0 heterocycles. The summed E-state index contributed by atoms with van der Waals surface area (Å²) in [4.78, 5) is 6.95. The third kappa shape index (κ3) is 7.27. The molecule has 4 aromatic rings. The highest BCUT2D eigenvalue weighted by Gasteiger charge is 2.01. The topological polar surface area (TPSA) is 65.0 Å². The van der Waals surface area contributed by atoms with Crippen molar-refractivity contribution in [3.8, 4) is 0 Å². The molecule has 0 spiro atoms. The molecule has 0 amide bonds. The standard InChI is InChI=1S/C31H32N6/c1-5-37(6-2)30-18-15-28(16-19-30)34-33-27-13-9-25(10-14-27)22-32-31-20-17-29(21-24(31)4)36-35-26-11-7-23(3)8-12-26/h7-22H,5-6H2,1-4H3. The number of hydrogen-bond donors (Lipinski definition) is 0. The van der Waals surface area contributed by atoms with Crippen LogP contribution in [0.15, 0.2) is 116 Å². The third-order valence-electron chi connectivity index (χ3n) is 6.00. The molecule has 0 aliphatic rings. The van der Waals surface area contributed by atoms with E-state index in [9.17, 15) is 0 Å². The number of benzene rings is 4. The molecule has 186 valence electrons. The SMILES string of the molecule is CCN(CC)c1ccc(N=Nc2ccc(C=Nc3ccc(N=Nc4ccc(C)cc4)cc3C)cc2)cc1. The summed E-state index contributed by atoms with van der Waals surface area (Å²) < 4.78 is 0. The first-order chi connectivity index (χ1) is 18.0. The van der Waals surface area contributed by atoms with Gasteiger partial charge in [0.25, 0.3) is 0 Å². The van der Waals surface area contributed by atoms with Gasteiger partial charge >= 0.3 is 0 Å². The van der Waals surface area contributed by atoms with E-state index in [1.165, 1.54) is 11.3 Å². The Kier molecular flexibility index (Phi) is 8.66. The molecule has 0 saturated heterocycles. The zero-order valence-corrected chi connectivity index (χ0v) is 21.8. The highest BCUT2D eigenvalue weighted by atomic mass is 15.1. The maximum absolute atomic E-state index is 4.65. The fourth-order valence-corrected chi connectivity index (χ4v) is 3.78. The van der Waals surface area contributed by atoms with Crippen LogP contribution in [-0.2, 0) is 0 Å². The maximum atomic E-state index is 4.65. The lowest BCUT2D eigenvalue weighted by Gasteiger charge is -2.20. The fraction of sp³-hybridized carbons (Fsp3) is 0.194. The lowest BCUT2D eigenvalue weighted by molar-refractivity contribution is 0.866. The van der Waals surface area contributed by atoms with Crippen LogP contribution in [0.4, 0.5) is 34.1 Å².